The molecule has 0 aliphatic carbocycles. The Kier molecular flexibility index (Phi) is 10.7. The van der Waals surface area contributed by atoms with E-state index in [1.807, 2.05) is 5.32 Å². The summed E-state index contributed by atoms with van der Waals surface area (Å²) >= 11 is 17.6. The Morgan fingerprint density at radius 1 is 0.947 bits per heavy atom. The van der Waals surface area contributed by atoms with Crippen molar-refractivity contribution >= 4 is 58.3 Å². The molecule has 1 amide bonds. The van der Waals surface area contributed by atoms with Crippen LogP contribution >= 0.6 is 46.6 Å². The molecule has 2 aromatic carbocycles. The number of alkyl halides is 9. The summed E-state index contributed by atoms with van der Waals surface area (Å²) in [4.78, 5) is 12.2. The Morgan fingerprint density at radius 3 is 2.03 bits per heavy atom. The molecule has 16 heteroatoms. The molecular formula is C22H14Cl3F10NOS. The predicted molar refractivity (Wildman–Crippen MR) is 127 cm³/mol. The molecule has 0 heterocycles. The number of rotatable bonds is 8. The van der Waals surface area contributed by atoms with Crippen LogP contribution in [0.3, 0.4) is 0 Å². The molecule has 0 bridgehead atoms. The molecule has 0 radical (unpaired) electrons. The number of thioether (sulfide) groups is 1. The Labute approximate surface area is 228 Å². The van der Waals surface area contributed by atoms with Gasteiger partial charge in [0, 0.05) is 17.9 Å². The van der Waals surface area contributed by atoms with Crippen LogP contribution in [0.1, 0.15) is 33.0 Å². The lowest BCUT2D eigenvalue weighted by Crippen LogP contribution is -2.28. The van der Waals surface area contributed by atoms with E-state index < -0.39 is 70.7 Å². The van der Waals surface area contributed by atoms with E-state index >= 15 is 0 Å². The number of hydrogen-bond donors (Lipinski definition) is 1. The highest BCUT2D eigenvalue weighted by Gasteiger charge is 2.41. The van der Waals surface area contributed by atoms with Gasteiger partial charge in [-0.3, -0.25) is 4.79 Å². The zero-order chi connectivity index (χ0) is 29.1. The van der Waals surface area contributed by atoms with Gasteiger partial charge in [0.1, 0.15) is 11.7 Å². The summed E-state index contributed by atoms with van der Waals surface area (Å²) in [6, 6.07) is 2.90. The number of nitrogens with one attached hydrogen (secondary N) is 1. The van der Waals surface area contributed by atoms with Crippen molar-refractivity contribution in [2.75, 3.05) is 18.1 Å². The largest absolute Gasteiger partial charge is 0.417 e. The fourth-order valence-corrected chi connectivity index (χ4v) is 4.26. The molecule has 2 aromatic rings. The topological polar surface area (TPSA) is 29.1 Å². The van der Waals surface area contributed by atoms with Gasteiger partial charge < -0.3 is 5.32 Å². The quantitative estimate of drug-likeness (QED) is 0.178. The van der Waals surface area contributed by atoms with E-state index in [0.717, 1.165) is 12.1 Å². The van der Waals surface area contributed by atoms with Gasteiger partial charge in [0.2, 0.25) is 0 Å². The second kappa shape index (κ2) is 12.6. The number of allylic oxidation sites excluding steroid dienone is 1. The number of benzene rings is 2. The molecular weight excluding hydrogens is 623 g/mol. The van der Waals surface area contributed by atoms with Crippen LogP contribution < -0.4 is 5.32 Å². The second-order valence-corrected chi connectivity index (χ2v) is 9.81. The van der Waals surface area contributed by atoms with Crippen LogP contribution in [-0.2, 0) is 6.18 Å². The molecule has 38 heavy (non-hydrogen) atoms. The number of carbonyl (C=O) groups is 1. The third-order valence-electron chi connectivity index (χ3n) is 4.67. The maximum absolute atomic E-state index is 14.9. The van der Waals surface area contributed by atoms with Crippen LogP contribution in [0.5, 0.6) is 0 Å². The SMILES string of the molecule is O=C(NCCSCC(F)(F)F)c1ccc(/C(F)=C/C(c2cc(Cl)c(Cl)c(Cl)c2)C(F)(F)F)cc1C(F)(F)F. The molecule has 2 rings (SSSR count). The Morgan fingerprint density at radius 2 is 1.53 bits per heavy atom. The number of carbonyl (C=O) groups excluding carboxylic acids is 1. The Bertz CT molecular complexity index is 1170. The van der Waals surface area contributed by atoms with Crippen molar-refractivity contribution in [2.24, 2.45) is 0 Å². The molecule has 210 valence electrons. The highest BCUT2D eigenvalue weighted by Crippen LogP contribution is 2.42. The van der Waals surface area contributed by atoms with Gasteiger partial charge in [-0.25, -0.2) is 4.39 Å². The first-order chi connectivity index (χ1) is 17.3. The molecule has 0 aliphatic heterocycles. The van der Waals surface area contributed by atoms with E-state index in [-0.39, 0.29) is 33.0 Å². The summed E-state index contributed by atoms with van der Waals surface area (Å²) in [6.07, 6.45) is -14.8. The van der Waals surface area contributed by atoms with Crippen LogP contribution in [0.15, 0.2) is 36.4 Å². The molecule has 0 fully saturated rings. The van der Waals surface area contributed by atoms with Crippen molar-refractivity contribution in [1.82, 2.24) is 5.32 Å². The maximum Gasteiger partial charge on any atom is 0.417 e. The van der Waals surface area contributed by atoms with Crippen molar-refractivity contribution < 1.29 is 48.7 Å². The van der Waals surface area contributed by atoms with E-state index in [9.17, 15) is 48.7 Å². The standard InChI is InChI=1S/C22H14Cl3F10NOS/c23-15-6-11(7-16(24)18(15)25)13(21(30,31)32)8-17(26)10-1-2-12(14(5-10)22(33,34)35)19(37)36-3-4-38-9-20(27,28)29/h1-2,5-8,13H,3-4,9H2,(H,36,37)/b17-8-. The van der Waals surface area contributed by atoms with Gasteiger partial charge in [-0.2, -0.15) is 51.3 Å². The van der Waals surface area contributed by atoms with Gasteiger partial charge >= 0.3 is 18.5 Å². The van der Waals surface area contributed by atoms with Gasteiger partial charge in [0.15, 0.2) is 0 Å². The Balaban J connectivity index is 2.38. The summed E-state index contributed by atoms with van der Waals surface area (Å²) in [5.74, 6) is -7.19. The fraction of sp³-hybridized carbons (Fsp3) is 0.318. The first-order valence-electron chi connectivity index (χ1n) is 10.0. The van der Waals surface area contributed by atoms with E-state index in [1.54, 1.807) is 0 Å². The van der Waals surface area contributed by atoms with Crippen molar-refractivity contribution in [3.05, 3.63) is 73.7 Å². The number of amides is 1. The second-order valence-electron chi connectivity index (χ2n) is 7.51. The molecule has 1 N–H and O–H groups in total. The zero-order valence-electron chi connectivity index (χ0n) is 18.4. The smallest absolute Gasteiger partial charge is 0.351 e. The molecule has 1 unspecified atom stereocenters. The highest BCUT2D eigenvalue weighted by molar-refractivity contribution is 7.99. The summed E-state index contributed by atoms with van der Waals surface area (Å²) in [7, 11) is 0. The summed E-state index contributed by atoms with van der Waals surface area (Å²) in [5, 5.41) is 1.01. The number of hydrogen-bond acceptors (Lipinski definition) is 2. The molecule has 0 aliphatic rings. The average molecular weight is 637 g/mol. The van der Waals surface area contributed by atoms with Crippen LogP contribution in [0.4, 0.5) is 43.9 Å². The first-order valence-corrected chi connectivity index (χ1v) is 12.3. The zero-order valence-corrected chi connectivity index (χ0v) is 21.5. The molecule has 2 nitrogen and oxygen atoms in total. The van der Waals surface area contributed by atoms with E-state index in [4.69, 9.17) is 34.8 Å². The third-order valence-corrected chi connectivity index (χ3v) is 6.90. The summed E-state index contributed by atoms with van der Waals surface area (Å²) in [6.45, 7) is -0.410. The van der Waals surface area contributed by atoms with Gasteiger partial charge in [-0.15, -0.1) is 0 Å². The van der Waals surface area contributed by atoms with Crippen molar-refractivity contribution in [1.29, 1.82) is 0 Å². The summed E-state index contributed by atoms with van der Waals surface area (Å²) in [5.41, 5.74) is -4.23. The monoisotopic (exact) mass is 635 g/mol. The fourth-order valence-electron chi connectivity index (χ4n) is 3.02. The van der Waals surface area contributed by atoms with E-state index in [2.05, 4.69) is 0 Å². The highest BCUT2D eigenvalue weighted by atomic mass is 35.5. The van der Waals surface area contributed by atoms with Crippen LogP contribution in [0.25, 0.3) is 5.83 Å². The van der Waals surface area contributed by atoms with E-state index in [1.165, 1.54) is 0 Å². The van der Waals surface area contributed by atoms with E-state index in [0.29, 0.717) is 23.9 Å². The van der Waals surface area contributed by atoms with Crippen molar-refractivity contribution in [2.45, 2.75) is 24.4 Å². The normalized spacial score (nSPS) is 14.0. The van der Waals surface area contributed by atoms with Gasteiger partial charge in [-0.1, -0.05) is 40.9 Å². The van der Waals surface area contributed by atoms with Crippen LogP contribution in [0, 0.1) is 0 Å². The minimum absolute atomic E-state index is 0.0169. The molecule has 0 spiro atoms. The van der Waals surface area contributed by atoms with Crippen LogP contribution in [-0.4, -0.2) is 36.3 Å². The average Bonchev–Trinajstić information content (AvgIpc) is 2.77. The number of halogens is 13. The Hall–Kier alpha value is -1.83. The minimum Gasteiger partial charge on any atom is -0.351 e. The van der Waals surface area contributed by atoms with Gasteiger partial charge in [0.05, 0.1) is 31.9 Å². The van der Waals surface area contributed by atoms with Crippen molar-refractivity contribution in [3.8, 4) is 0 Å². The third kappa shape index (κ3) is 9.13. The molecule has 0 saturated heterocycles. The first kappa shape index (κ1) is 32.4. The lowest BCUT2D eigenvalue weighted by molar-refractivity contribution is -0.140. The maximum atomic E-state index is 14.9. The molecule has 0 aromatic heterocycles. The van der Waals surface area contributed by atoms with Gasteiger partial charge in [0.25, 0.3) is 5.91 Å². The predicted octanol–water partition coefficient (Wildman–Crippen LogP) is 9.35. The lowest BCUT2D eigenvalue weighted by atomic mass is 9.95. The minimum atomic E-state index is -5.23. The lowest BCUT2D eigenvalue weighted by Gasteiger charge is -2.19. The van der Waals surface area contributed by atoms with Gasteiger partial charge in [-0.05, 0) is 35.9 Å². The molecule has 1 atom stereocenters. The van der Waals surface area contributed by atoms with Crippen LogP contribution in [0.2, 0.25) is 15.1 Å². The summed E-state index contributed by atoms with van der Waals surface area (Å²) < 4.78 is 133. The molecule has 0 saturated carbocycles. The van der Waals surface area contributed by atoms with Crippen molar-refractivity contribution in [3.63, 3.8) is 0 Å².